The van der Waals surface area contributed by atoms with Crippen LogP contribution in [0.4, 0.5) is 5.95 Å². The summed E-state index contributed by atoms with van der Waals surface area (Å²) in [6.07, 6.45) is -4.16. The second kappa shape index (κ2) is 7.16. The van der Waals surface area contributed by atoms with E-state index in [-0.39, 0.29) is 5.75 Å². The van der Waals surface area contributed by atoms with Gasteiger partial charge in [0, 0.05) is 6.54 Å². The molecule has 5 N–H and O–H groups in total. The van der Waals surface area contributed by atoms with Crippen molar-refractivity contribution in [1.82, 2.24) is 9.55 Å². The number of imidazole rings is 1. The summed E-state index contributed by atoms with van der Waals surface area (Å²) in [4.78, 5) is 4.56. The fourth-order valence-electron chi connectivity index (χ4n) is 3.37. The normalized spacial score (nSPS) is 25.1. The number of aliphatic hydroxyl groups is 3. The monoisotopic (exact) mass is 371 g/mol. The van der Waals surface area contributed by atoms with Crippen molar-refractivity contribution in [2.24, 2.45) is 0 Å². The van der Waals surface area contributed by atoms with Crippen molar-refractivity contribution in [2.75, 3.05) is 11.9 Å². The first-order valence-electron chi connectivity index (χ1n) is 8.69. The number of nitrogens with one attached hydrogen (secondary N) is 1. The Kier molecular flexibility index (Phi) is 4.71. The van der Waals surface area contributed by atoms with Crippen LogP contribution in [0.15, 0.2) is 48.5 Å². The summed E-state index contributed by atoms with van der Waals surface area (Å²) in [6, 6.07) is 14.2. The summed E-state index contributed by atoms with van der Waals surface area (Å²) in [5.41, 5.74) is 2.29. The maximum absolute atomic E-state index is 10.4. The van der Waals surface area contributed by atoms with E-state index in [9.17, 15) is 20.4 Å². The molecule has 1 aromatic heterocycles. The number of aromatic hydroxyl groups is 1. The van der Waals surface area contributed by atoms with Crippen LogP contribution in [0, 0.1) is 0 Å². The van der Waals surface area contributed by atoms with Crippen molar-refractivity contribution in [3.8, 4) is 5.75 Å². The third kappa shape index (κ3) is 3.24. The Morgan fingerprint density at radius 3 is 2.63 bits per heavy atom. The molecular weight excluding hydrogens is 350 g/mol. The van der Waals surface area contributed by atoms with Gasteiger partial charge in [-0.3, -0.25) is 4.57 Å². The number of para-hydroxylation sites is 2. The lowest BCUT2D eigenvalue weighted by Gasteiger charge is -2.20. The molecule has 2 aromatic carbocycles. The van der Waals surface area contributed by atoms with Gasteiger partial charge in [0.2, 0.25) is 5.95 Å². The van der Waals surface area contributed by atoms with E-state index in [0.29, 0.717) is 18.0 Å². The number of aliphatic hydroxyl groups excluding tert-OH is 3. The van der Waals surface area contributed by atoms with E-state index in [4.69, 9.17) is 4.74 Å². The minimum Gasteiger partial charge on any atom is -0.508 e. The van der Waals surface area contributed by atoms with Gasteiger partial charge in [0.25, 0.3) is 0 Å². The topological polar surface area (TPSA) is 120 Å². The number of hydrogen-bond donors (Lipinski definition) is 5. The van der Waals surface area contributed by atoms with E-state index < -0.39 is 31.1 Å². The van der Waals surface area contributed by atoms with Crippen LogP contribution < -0.4 is 5.32 Å². The maximum atomic E-state index is 10.4. The zero-order valence-electron chi connectivity index (χ0n) is 14.4. The maximum Gasteiger partial charge on any atom is 0.206 e. The highest BCUT2D eigenvalue weighted by atomic mass is 16.6. The molecule has 1 fully saturated rings. The fourth-order valence-corrected chi connectivity index (χ4v) is 3.37. The van der Waals surface area contributed by atoms with Gasteiger partial charge < -0.3 is 30.5 Å². The first-order chi connectivity index (χ1) is 13.1. The SMILES string of the molecule is OC[C@H]1O[C@@H](n2c(NCc3cccc(O)c3)nc3ccccc32)[C@H](O)[C@@H]1O. The summed E-state index contributed by atoms with van der Waals surface area (Å²) in [6.45, 7) is -0.0000697. The summed E-state index contributed by atoms with van der Waals surface area (Å²) in [7, 11) is 0. The Morgan fingerprint density at radius 2 is 1.89 bits per heavy atom. The molecule has 27 heavy (non-hydrogen) atoms. The van der Waals surface area contributed by atoms with Gasteiger partial charge in [-0.1, -0.05) is 24.3 Å². The van der Waals surface area contributed by atoms with Gasteiger partial charge >= 0.3 is 0 Å². The van der Waals surface area contributed by atoms with E-state index in [0.717, 1.165) is 11.1 Å². The Hall–Kier alpha value is -2.65. The van der Waals surface area contributed by atoms with E-state index in [2.05, 4.69) is 10.3 Å². The number of hydrogen-bond acceptors (Lipinski definition) is 7. The van der Waals surface area contributed by atoms with Crippen LogP contribution in [0.5, 0.6) is 5.75 Å². The number of phenolic OH excluding ortho intramolecular Hbond substituents is 1. The molecule has 4 rings (SSSR count). The van der Waals surface area contributed by atoms with E-state index in [1.807, 2.05) is 30.3 Å². The summed E-state index contributed by atoms with van der Waals surface area (Å²) < 4.78 is 7.37. The first-order valence-corrected chi connectivity index (χ1v) is 8.69. The van der Waals surface area contributed by atoms with Gasteiger partial charge in [0.1, 0.15) is 24.1 Å². The lowest BCUT2D eigenvalue weighted by atomic mass is 10.1. The van der Waals surface area contributed by atoms with Crippen molar-refractivity contribution < 1.29 is 25.2 Å². The van der Waals surface area contributed by atoms with Gasteiger partial charge in [0.05, 0.1) is 17.6 Å². The molecular formula is C19H21N3O5. The van der Waals surface area contributed by atoms with Crippen molar-refractivity contribution in [2.45, 2.75) is 31.1 Å². The number of benzene rings is 2. The summed E-state index contributed by atoms with van der Waals surface area (Å²) >= 11 is 0. The molecule has 0 aliphatic carbocycles. The summed E-state index contributed by atoms with van der Waals surface area (Å²) in [5, 5.41) is 42.7. The number of phenols is 1. The molecule has 8 heteroatoms. The average Bonchev–Trinajstić information content (AvgIpc) is 3.17. The predicted octanol–water partition coefficient (Wildman–Crippen LogP) is 0.965. The van der Waals surface area contributed by atoms with Gasteiger partial charge in [-0.15, -0.1) is 0 Å². The Bertz CT molecular complexity index is 944. The van der Waals surface area contributed by atoms with E-state index in [1.54, 1.807) is 22.8 Å². The van der Waals surface area contributed by atoms with E-state index in [1.165, 1.54) is 0 Å². The van der Waals surface area contributed by atoms with Crippen LogP contribution in [-0.4, -0.2) is 54.9 Å². The minimum absolute atomic E-state index is 0.172. The first kappa shape index (κ1) is 17.7. The quantitative estimate of drug-likeness (QED) is 0.453. The smallest absolute Gasteiger partial charge is 0.206 e. The van der Waals surface area contributed by atoms with Crippen molar-refractivity contribution in [1.29, 1.82) is 0 Å². The Labute approximate surface area is 155 Å². The van der Waals surface area contributed by atoms with Gasteiger partial charge in [0.15, 0.2) is 6.23 Å². The lowest BCUT2D eigenvalue weighted by molar-refractivity contribution is -0.0499. The van der Waals surface area contributed by atoms with Crippen molar-refractivity contribution in [3.05, 3.63) is 54.1 Å². The highest BCUT2D eigenvalue weighted by Gasteiger charge is 2.44. The third-order valence-electron chi connectivity index (χ3n) is 4.73. The van der Waals surface area contributed by atoms with Crippen LogP contribution >= 0.6 is 0 Å². The van der Waals surface area contributed by atoms with Crippen LogP contribution in [0.3, 0.4) is 0 Å². The van der Waals surface area contributed by atoms with Crippen LogP contribution in [0.25, 0.3) is 11.0 Å². The highest BCUT2D eigenvalue weighted by Crippen LogP contribution is 2.35. The van der Waals surface area contributed by atoms with Gasteiger partial charge in [-0.2, -0.15) is 0 Å². The molecule has 142 valence electrons. The summed E-state index contributed by atoms with van der Waals surface area (Å²) in [5.74, 6) is 0.626. The molecule has 2 heterocycles. The van der Waals surface area contributed by atoms with Gasteiger partial charge in [-0.05, 0) is 29.8 Å². The second-order valence-electron chi connectivity index (χ2n) is 6.55. The zero-order chi connectivity index (χ0) is 19.0. The zero-order valence-corrected chi connectivity index (χ0v) is 14.4. The number of aromatic nitrogens is 2. The van der Waals surface area contributed by atoms with E-state index >= 15 is 0 Å². The third-order valence-corrected chi connectivity index (χ3v) is 4.73. The number of rotatable bonds is 5. The fraction of sp³-hybridized carbons (Fsp3) is 0.316. The van der Waals surface area contributed by atoms with Crippen molar-refractivity contribution >= 4 is 17.0 Å². The molecule has 0 amide bonds. The highest BCUT2D eigenvalue weighted by molar-refractivity contribution is 5.78. The molecule has 0 bridgehead atoms. The predicted molar refractivity (Wildman–Crippen MR) is 98.2 cm³/mol. The molecule has 0 spiro atoms. The average molecular weight is 371 g/mol. The Balaban J connectivity index is 1.69. The molecule has 4 atom stereocenters. The molecule has 8 nitrogen and oxygen atoms in total. The lowest BCUT2D eigenvalue weighted by Crippen LogP contribution is -2.33. The standard InChI is InChI=1S/C19H21N3O5/c23-10-15-16(25)17(26)18(27-15)22-14-7-2-1-6-13(14)21-19(22)20-9-11-4-3-5-12(24)8-11/h1-8,15-18,23-26H,9-10H2,(H,20,21)/t15-,16-,17-,18-/m1/s1. The molecule has 0 radical (unpaired) electrons. The number of fused-ring (bicyclic) bond motifs is 1. The second-order valence-corrected chi connectivity index (χ2v) is 6.55. The number of ether oxygens (including phenoxy) is 1. The minimum atomic E-state index is -1.21. The van der Waals surface area contributed by atoms with Crippen LogP contribution in [-0.2, 0) is 11.3 Å². The number of anilines is 1. The molecule has 1 aliphatic heterocycles. The van der Waals surface area contributed by atoms with Crippen LogP contribution in [0.1, 0.15) is 11.8 Å². The molecule has 3 aromatic rings. The van der Waals surface area contributed by atoms with Crippen molar-refractivity contribution in [3.63, 3.8) is 0 Å². The van der Waals surface area contributed by atoms with Gasteiger partial charge in [-0.25, -0.2) is 4.98 Å². The Morgan fingerprint density at radius 1 is 1.07 bits per heavy atom. The molecule has 1 aliphatic rings. The molecule has 0 saturated carbocycles. The molecule has 0 unspecified atom stereocenters. The van der Waals surface area contributed by atoms with Crippen LogP contribution in [0.2, 0.25) is 0 Å². The molecule has 1 saturated heterocycles. The number of nitrogens with zero attached hydrogens (tertiary/aromatic N) is 2. The largest absolute Gasteiger partial charge is 0.508 e.